The number of carbonyl (C=O) groups excluding carboxylic acids is 1. The summed E-state index contributed by atoms with van der Waals surface area (Å²) in [6, 6.07) is 0.555. The van der Waals surface area contributed by atoms with Gasteiger partial charge in [-0.2, -0.15) is 0 Å². The van der Waals surface area contributed by atoms with E-state index < -0.39 is 0 Å². The molecule has 0 aromatic rings. The molecule has 1 heterocycles. The van der Waals surface area contributed by atoms with Gasteiger partial charge in [0.15, 0.2) is 0 Å². The number of methoxy groups -OCH3 is 1. The highest BCUT2D eigenvalue weighted by Gasteiger charge is 2.36. The number of nitrogens with zero attached hydrogens (tertiary/aromatic N) is 1. The lowest BCUT2D eigenvalue weighted by Gasteiger charge is -2.32. The minimum Gasteiger partial charge on any atom is -0.383 e. The third-order valence-corrected chi connectivity index (χ3v) is 2.87. The average molecular weight is 228 g/mol. The Hall–Kier alpha value is -0.610. The van der Waals surface area contributed by atoms with E-state index in [-0.39, 0.29) is 17.5 Å². The van der Waals surface area contributed by atoms with Crippen LogP contribution in [0.2, 0.25) is 0 Å². The van der Waals surface area contributed by atoms with E-state index in [2.05, 4.69) is 33.0 Å². The van der Waals surface area contributed by atoms with E-state index in [1.54, 1.807) is 7.11 Å². The van der Waals surface area contributed by atoms with Crippen LogP contribution in [0.25, 0.3) is 0 Å². The highest BCUT2D eigenvalue weighted by molar-refractivity contribution is 5.80. The third kappa shape index (κ3) is 3.46. The molecule has 16 heavy (non-hydrogen) atoms. The molecule has 1 rings (SSSR count). The van der Waals surface area contributed by atoms with Crippen LogP contribution in [0.5, 0.6) is 0 Å². The maximum atomic E-state index is 11.8. The van der Waals surface area contributed by atoms with Crippen molar-refractivity contribution in [3.05, 3.63) is 0 Å². The summed E-state index contributed by atoms with van der Waals surface area (Å²) in [6.45, 7) is 9.79. The summed E-state index contributed by atoms with van der Waals surface area (Å²) < 4.78 is 5.07. The number of hydrogen-bond acceptors (Lipinski definition) is 3. The molecule has 4 heteroatoms. The van der Waals surface area contributed by atoms with Crippen LogP contribution < -0.4 is 5.32 Å². The zero-order chi connectivity index (χ0) is 12.3. The molecular formula is C12H24N2O2. The monoisotopic (exact) mass is 228 g/mol. The average Bonchev–Trinajstić information content (AvgIpc) is 2.46. The molecule has 94 valence electrons. The van der Waals surface area contributed by atoms with Gasteiger partial charge in [-0.3, -0.25) is 4.79 Å². The van der Waals surface area contributed by atoms with E-state index in [1.807, 2.05) is 4.90 Å². The fraction of sp³-hybridized carbons (Fsp3) is 0.917. The number of rotatable bonds is 4. The Bertz CT molecular complexity index is 248. The van der Waals surface area contributed by atoms with E-state index in [9.17, 15) is 4.79 Å². The van der Waals surface area contributed by atoms with Crippen molar-refractivity contribution in [2.75, 3.05) is 20.3 Å². The summed E-state index contributed by atoms with van der Waals surface area (Å²) in [4.78, 5) is 13.8. The Morgan fingerprint density at radius 2 is 2.19 bits per heavy atom. The first-order chi connectivity index (χ1) is 7.34. The molecule has 1 fully saturated rings. The highest BCUT2D eigenvalue weighted by Crippen LogP contribution is 2.21. The smallest absolute Gasteiger partial charge is 0.224 e. The predicted molar refractivity (Wildman–Crippen MR) is 64.3 cm³/mol. The van der Waals surface area contributed by atoms with Crippen LogP contribution in [0.4, 0.5) is 0 Å². The number of carbonyl (C=O) groups is 1. The second-order valence-electron chi connectivity index (χ2n) is 5.60. The first kappa shape index (κ1) is 13.5. The number of hydrogen-bond donors (Lipinski definition) is 1. The van der Waals surface area contributed by atoms with Crippen molar-refractivity contribution in [1.82, 2.24) is 10.2 Å². The molecule has 1 amide bonds. The van der Waals surface area contributed by atoms with Crippen LogP contribution in [-0.2, 0) is 9.53 Å². The molecule has 0 aliphatic carbocycles. The van der Waals surface area contributed by atoms with E-state index in [4.69, 9.17) is 4.74 Å². The zero-order valence-corrected chi connectivity index (χ0v) is 11.0. The molecule has 2 unspecified atom stereocenters. The molecule has 0 saturated carbocycles. The van der Waals surface area contributed by atoms with Gasteiger partial charge in [-0.05, 0) is 27.7 Å². The lowest BCUT2D eigenvalue weighted by atomic mass is 10.1. The maximum absolute atomic E-state index is 11.8. The first-order valence-electron chi connectivity index (χ1n) is 5.90. The van der Waals surface area contributed by atoms with Crippen molar-refractivity contribution in [3.63, 3.8) is 0 Å². The molecule has 1 aliphatic rings. The summed E-state index contributed by atoms with van der Waals surface area (Å²) in [5.41, 5.74) is -0.0714. The van der Waals surface area contributed by atoms with Gasteiger partial charge in [-0.25, -0.2) is 0 Å². The van der Waals surface area contributed by atoms with Gasteiger partial charge in [0.1, 0.15) is 0 Å². The fourth-order valence-corrected chi connectivity index (χ4v) is 2.17. The molecule has 0 spiro atoms. The quantitative estimate of drug-likeness (QED) is 0.781. The molecule has 1 saturated heterocycles. The maximum Gasteiger partial charge on any atom is 0.224 e. The van der Waals surface area contributed by atoms with Crippen molar-refractivity contribution >= 4 is 5.91 Å². The van der Waals surface area contributed by atoms with Gasteiger partial charge in [0.05, 0.1) is 6.61 Å². The number of ether oxygens (including phenoxy) is 1. The largest absolute Gasteiger partial charge is 0.383 e. The summed E-state index contributed by atoms with van der Waals surface area (Å²) in [7, 11) is 1.69. The normalized spacial score (nSPS) is 23.9. The fourth-order valence-electron chi connectivity index (χ4n) is 2.17. The van der Waals surface area contributed by atoms with Gasteiger partial charge in [0.2, 0.25) is 5.91 Å². The Morgan fingerprint density at radius 3 is 2.62 bits per heavy atom. The first-order valence-corrected chi connectivity index (χ1v) is 5.90. The molecule has 1 N–H and O–H groups in total. The number of amides is 1. The van der Waals surface area contributed by atoms with Crippen molar-refractivity contribution in [3.8, 4) is 0 Å². The van der Waals surface area contributed by atoms with E-state index >= 15 is 0 Å². The van der Waals surface area contributed by atoms with E-state index in [0.717, 1.165) is 6.54 Å². The minimum absolute atomic E-state index is 0.0714. The SMILES string of the molecule is COCC(C)NC1CC(=O)N(C(C)(C)C)C1. The third-order valence-electron chi connectivity index (χ3n) is 2.87. The molecule has 0 bridgehead atoms. The van der Waals surface area contributed by atoms with Crippen molar-refractivity contribution in [1.29, 1.82) is 0 Å². The molecular weight excluding hydrogens is 204 g/mol. The van der Waals surface area contributed by atoms with E-state index in [0.29, 0.717) is 19.1 Å². The summed E-state index contributed by atoms with van der Waals surface area (Å²) in [5, 5.41) is 3.42. The Balaban J connectivity index is 2.47. The standard InChI is InChI=1S/C12H24N2O2/c1-9(8-16-5)13-10-6-11(15)14(7-10)12(2,3)4/h9-10,13H,6-8H2,1-5H3. The summed E-state index contributed by atoms with van der Waals surface area (Å²) in [6.07, 6.45) is 0.603. The van der Waals surface area contributed by atoms with Crippen LogP contribution in [0.3, 0.4) is 0 Å². The lowest BCUT2D eigenvalue weighted by molar-refractivity contribution is -0.131. The van der Waals surface area contributed by atoms with Gasteiger partial charge < -0.3 is 15.0 Å². The zero-order valence-electron chi connectivity index (χ0n) is 11.0. The predicted octanol–water partition coefficient (Wildman–Crippen LogP) is 1.01. The van der Waals surface area contributed by atoms with Gasteiger partial charge >= 0.3 is 0 Å². The summed E-state index contributed by atoms with van der Waals surface area (Å²) >= 11 is 0. The van der Waals surface area contributed by atoms with Crippen LogP contribution >= 0.6 is 0 Å². The number of nitrogens with one attached hydrogen (secondary N) is 1. The molecule has 0 aromatic carbocycles. The van der Waals surface area contributed by atoms with Crippen LogP contribution in [0.15, 0.2) is 0 Å². The Morgan fingerprint density at radius 1 is 1.56 bits per heavy atom. The van der Waals surface area contributed by atoms with Gasteiger partial charge in [-0.1, -0.05) is 0 Å². The molecule has 4 nitrogen and oxygen atoms in total. The second kappa shape index (κ2) is 5.15. The number of likely N-dealkylation sites (tertiary alicyclic amines) is 1. The highest BCUT2D eigenvalue weighted by atomic mass is 16.5. The Labute approximate surface area is 98.3 Å². The van der Waals surface area contributed by atoms with Crippen molar-refractivity contribution in [2.45, 2.75) is 51.7 Å². The van der Waals surface area contributed by atoms with E-state index in [1.165, 1.54) is 0 Å². The van der Waals surface area contributed by atoms with Crippen LogP contribution in [-0.4, -0.2) is 48.7 Å². The van der Waals surface area contributed by atoms with Crippen molar-refractivity contribution in [2.24, 2.45) is 0 Å². The molecule has 1 aliphatic heterocycles. The molecule has 0 aromatic heterocycles. The lowest BCUT2D eigenvalue weighted by Crippen LogP contribution is -2.45. The van der Waals surface area contributed by atoms with Crippen molar-refractivity contribution < 1.29 is 9.53 Å². The Kier molecular flexibility index (Phi) is 4.33. The summed E-state index contributed by atoms with van der Waals surface area (Å²) in [5.74, 6) is 0.245. The second-order valence-corrected chi connectivity index (χ2v) is 5.60. The van der Waals surface area contributed by atoms with Crippen LogP contribution in [0.1, 0.15) is 34.1 Å². The molecule has 0 radical (unpaired) electrons. The van der Waals surface area contributed by atoms with Crippen LogP contribution in [0, 0.1) is 0 Å². The van der Waals surface area contributed by atoms with Gasteiger partial charge in [-0.15, -0.1) is 0 Å². The minimum atomic E-state index is -0.0714. The van der Waals surface area contributed by atoms with Gasteiger partial charge in [0.25, 0.3) is 0 Å². The molecule has 2 atom stereocenters. The van der Waals surface area contributed by atoms with Gasteiger partial charge in [0, 0.05) is 37.7 Å². The topological polar surface area (TPSA) is 41.6 Å².